The Morgan fingerprint density at radius 3 is 2.51 bits per heavy atom. The third-order valence-corrected chi connectivity index (χ3v) is 6.93. The molecule has 0 saturated carbocycles. The molecule has 0 aromatic heterocycles. The Morgan fingerprint density at radius 1 is 0.971 bits per heavy atom. The van der Waals surface area contributed by atoms with Gasteiger partial charge in [0.05, 0.1) is 6.42 Å². The Morgan fingerprint density at radius 2 is 1.74 bits per heavy atom. The number of nitrogens with one attached hydrogen (secondary N) is 2. The fraction of sp³-hybridized carbons (Fsp3) is 0.385. The molecule has 2 aromatic rings. The van der Waals surface area contributed by atoms with Gasteiger partial charge < -0.3 is 25.4 Å². The minimum absolute atomic E-state index is 0.121. The molecule has 2 unspecified atom stereocenters. The van der Waals surface area contributed by atoms with Gasteiger partial charge in [-0.15, -0.1) is 0 Å². The van der Waals surface area contributed by atoms with E-state index in [1.807, 2.05) is 42.5 Å². The van der Waals surface area contributed by atoms with Crippen LogP contribution in [0.15, 0.2) is 54.6 Å². The number of hydrogen-bond donors (Lipinski definition) is 3. The van der Waals surface area contributed by atoms with Crippen molar-refractivity contribution in [1.82, 2.24) is 15.5 Å². The minimum atomic E-state index is -1.40. The van der Waals surface area contributed by atoms with E-state index in [2.05, 4.69) is 10.6 Å². The van der Waals surface area contributed by atoms with E-state index in [0.29, 0.717) is 31.2 Å². The summed E-state index contributed by atoms with van der Waals surface area (Å²) >= 11 is 0. The maximum atomic E-state index is 13.6. The van der Waals surface area contributed by atoms with Crippen molar-refractivity contribution in [3.05, 3.63) is 60.2 Å². The molecule has 35 heavy (non-hydrogen) atoms. The molecule has 182 valence electrons. The predicted molar refractivity (Wildman–Crippen MR) is 126 cm³/mol. The molecular formula is C26H27N3O6. The summed E-state index contributed by atoms with van der Waals surface area (Å²) in [5.41, 5.74) is 0.453. The summed E-state index contributed by atoms with van der Waals surface area (Å²) in [6, 6.07) is 10.5. The summed E-state index contributed by atoms with van der Waals surface area (Å²) in [7, 11) is 0. The number of esters is 1. The van der Waals surface area contributed by atoms with Crippen molar-refractivity contribution in [1.29, 1.82) is 0 Å². The SMILES string of the molecule is O=C1CC(NC(=O)[C@@H]2CC[C@H]3C/C=C\C[C@H](NC(=O)c4ccc5ccccc5c4)C(=O)N32)C(O)O1. The molecule has 2 aromatic carbocycles. The molecule has 3 aliphatic rings. The summed E-state index contributed by atoms with van der Waals surface area (Å²) in [5.74, 6) is -1.70. The Kier molecular flexibility index (Phi) is 6.25. The van der Waals surface area contributed by atoms with E-state index in [4.69, 9.17) is 4.74 Å². The lowest BCUT2D eigenvalue weighted by Gasteiger charge is -2.34. The molecule has 0 bridgehead atoms. The summed E-state index contributed by atoms with van der Waals surface area (Å²) in [4.78, 5) is 52.7. The van der Waals surface area contributed by atoms with Gasteiger partial charge in [-0.2, -0.15) is 0 Å². The standard InChI is InChI=1S/C26H27N3O6/c30-22-14-20(26(34)35-22)28-24(32)21-12-11-18-7-3-4-8-19(25(33)29(18)21)27-23(31)17-10-9-15-5-1-2-6-16(15)13-17/h1-6,9-10,13,18-21,26,34H,7-8,11-12,14H2,(H,27,31)(H,28,32)/b4-3-/t18-,19+,20?,21+,26?/m1/s1. The van der Waals surface area contributed by atoms with Gasteiger partial charge in [0.15, 0.2) is 0 Å². The highest BCUT2D eigenvalue weighted by atomic mass is 16.6. The number of cyclic esters (lactones) is 1. The highest BCUT2D eigenvalue weighted by Crippen LogP contribution is 2.30. The number of aliphatic hydroxyl groups excluding tert-OH is 1. The van der Waals surface area contributed by atoms with Crippen LogP contribution in [0.1, 0.15) is 42.5 Å². The third kappa shape index (κ3) is 4.64. The lowest BCUT2D eigenvalue weighted by atomic mass is 10.0. The largest absolute Gasteiger partial charge is 0.434 e. The van der Waals surface area contributed by atoms with Crippen molar-refractivity contribution in [3.63, 3.8) is 0 Å². The number of nitrogens with zero attached hydrogens (tertiary/aromatic N) is 1. The van der Waals surface area contributed by atoms with Gasteiger partial charge in [0, 0.05) is 11.6 Å². The number of benzene rings is 2. The van der Waals surface area contributed by atoms with Crippen LogP contribution in [0.3, 0.4) is 0 Å². The van der Waals surface area contributed by atoms with Gasteiger partial charge in [-0.05, 0) is 48.6 Å². The number of ether oxygens (including phenoxy) is 1. The number of rotatable bonds is 4. The van der Waals surface area contributed by atoms with Crippen LogP contribution < -0.4 is 10.6 Å². The first-order valence-electron chi connectivity index (χ1n) is 11.9. The summed E-state index contributed by atoms with van der Waals surface area (Å²) in [5, 5.41) is 17.3. The molecular weight excluding hydrogens is 450 g/mol. The van der Waals surface area contributed by atoms with Crippen LogP contribution >= 0.6 is 0 Å². The fourth-order valence-corrected chi connectivity index (χ4v) is 5.11. The maximum absolute atomic E-state index is 13.6. The van der Waals surface area contributed by atoms with E-state index < -0.39 is 36.3 Å². The average molecular weight is 478 g/mol. The van der Waals surface area contributed by atoms with Crippen molar-refractivity contribution >= 4 is 34.5 Å². The Labute approximate surface area is 202 Å². The van der Waals surface area contributed by atoms with Crippen LogP contribution in [0.4, 0.5) is 0 Å². The minimum Gasteiger partial charge on any atom is -0.434 e. The summed E-state index contributed by atoms with van der Waals surface area (Å²) < 4.78 is 4.70. The van der Waals surface area contributed by atoms with Crippen LogP contribution in [-0.2, 0) is 19.1 Å². The smallest absolute Gasteiger partial charge is 0.310 e. The zero-order valence-electron chi connectivity index (χ0n) is 19.1. The Balaban J connectivity index is 1.32. The molecule has 9 nitrogen and oxygen atoms in total. The van der Waals surface area contributed by atoms with Gasteiger partial charge in [0.25, 0.3) is 5.91 Å². The molecule has 3 heterocycles. The first kappa shape index (κ1) is 23.0. The first-order chi connectivity index (χ1) is 16.9. The Bertz CT molecular complexity index is 1210. The molecule has 3 aliphatic heterocycles. The number of carbonyl (C=O) groups is 4. The van der Waals surface area contributed by atoms with Crippen molar-refractivity contribution in [2.24, 2.45) is 0 Å². The van der Waals surface area contributed by atoms with E-state index in [1.165, 1.54) is 0 Å². The van der Waals surface area contributed by atoms with Gasteiger partial charge in [-0.25, -0.2) is 0 Å². The third-order valence-electron chi connectivity index (χ3n) is 6.93. The number of fused-ring (bicyclic) bond motifs is 2. The molecule has 3 amide bonds. The Hall–Kier alpha value is -3.72. The molecule has 2 fully saturated rings. The first-order valence-corrected chi connectivity index (χ1v) is 11.9. The van der Waals surface area contributed by atoms with E-state index >= 15 is 0 Å². The number of carbonyl (C=O) groups excluding carboxylic acids is 4. The molecule has 2 saturated heterocycles. The molecule has 5 atom stereocenters. The van der Waals surface area contributed by atoms with E-state index in [1.54, 1.807) is 17.0 Å². The number of hydrogen-bond acceptors (Lipinski definition) is 6. The maximum Gasteiger partial charge on any atom is 0.310 e. The van der Waals surface area contributed by atoms with Crippen LogP contribution in [0, 0.1) is 0 Å². The lowest BCUT2D eigenvalue weighted by molar-refractivity contribution is -0.155. The quantitative estimate of drug-likeness (QED) is 0.452. The van der Waals surface area contributed by atoms with Gasteiger partial charge in [0.1, 0.15) is 18.1 Å². The second kappa shape index (κ2) is 9.50. The average Bonchev–Trinajstić information content (AvgIpc) is 3.40. The van der Waals surface area contributed by atoms with Crippen LogP contribution in [0.5, 0.6) is 0 Å². The van der Waals surface area contributed by atoms with Gasteiger partial charge in [-0.1, -0.05) is 42.5 Å². The monoisotopic (exact) mass is 477 g/mol. The normalized spacial score (nSPS) is 29.2. The van der Waals surface area contributed by atoms with Gasteiger partial charge in [0.2, 0.25) is 18.1 Å². The van der Waals surface area contributed by atoms with Crippen molar-refractivity contribution in [2.45, 2.75) is 62.6 Å². The highest BCUT2D eigenvalue weighted by molar-refractivity contribution is 6.01. The second-order valence-corrected chi connectivity index (χ2v) is 9.22. The van der Waals surface area contributed by atoms with Crippen LogP contribution in [0.2, 0.25) is 0 Å². The molecule has 3 N–H and O–H groups in total. The second-order valence-electron chi connectivity index (χ2n) is 9.22. The molecule has 0 spiro atoms. The van der Waals surface area contributed by atoms with E-state index in [9.17, 15) is 24.3 Å². The van der Waals surface area contributed by atoms with Crippen LogP contribution in [-0.4, -0.2) is 64.2 Å². The summed E-state index contributed by atoms with van der Waals surface area (Å²) in [6.07, 6.45) is 4.39. The van der Waals surface area contributed by atoms with Gasteiger partial charge >= 0.3 is 5.97 Å². The van der Waals surface area contributed by atoms with Crippen molar-refractivity contribution in [2.75, 3.05) is 0 Å². The van der Waals surface area contributed by atoms with Crippen molar-refractivity contribution < 1.29 is 29.0 Å². The topological polar surface area (TPSA) is 125 Å². The lowest BCUT2D eigenvalue weighted by Crippen LogP contribution is -2.57. The number of aliphatic hydroxyl groups is 1. The zero-order valence-corrected chi connectivity index (χ0v) is 19.1. The van der Waals surface area contributed by atoms with Crippen LogP contribution in [0.25, 0.3) is 10.8 Å². The molecule has 9 heteroatoms. The number of amides is 3. The summed E-state index contributed by atoms with van der Waals surface area (Å²) in [6.45, 7) is 0. The van der Waals surface area contributed by atoms with Gasteiger partial charge in [-0.3, -0.25) is 19.2 Å². The van der Waals surface area contributed by atoms with E-state index in [-0.39, 0.29) is 24.3 Å². The fourth-order valence-electron chi connectivity index (χ4n) is 5.11. The molecule has 5 rings (SSSR count). The van der Waals surface area contributed by atoms with Crippen molar-refractivity contribution in [3.8, 4) is 0 Å². The zero-order chi connectivity index (χ0) is 24.5. The predicted octanol–water partition coefficient (Wildman–Crippen LogP) is 1.40. The highest BCUT2D eigenvalue weighted by Gasteiger charge is 2.45. The molecule has 0 radical (unpaired) electrons. The van der Waals surface area contributed by atoms with E-state index in [0.717, 1.165) is 10.8 Å². The molecule has 0 aliphatic carbocycles.